The van der Waals surface area contributed by atoms with Crippen LogP contribution >= 0.6 is 11.6 Å². The molecule has 0 fully saturated rings. The number of fused-ring (bicyclic) bond motifs is 1. The first-order valence-corrected chi connectivity index (χ1v) is 9.84. The average molecular weight is 460 g/mol. The third-order valence-electron chi connectivity index (χ3n) is 5.09. The van der Waals surface area contributed by atoms with Crippen LogP contribution in [0.1, 0.15) is 29.5 Å². The van der Waals surface area contributed by atoms with E-state index in [2.05, 4.69) is 10.4 Å². The number of rotatable bonds is 2. The molecule has 3 aromatic rings. The van der Waals surface area contributed by atoms with Crippen molar-refractivity contribution in [1.29, 1.82) is 0 Å². The Balaban J connectivity index is 1.92. The summed E-state index contributed by atoms with van der Waals surface area (Å²) >= 11 is 6.20. The fourth-order valence-electron chi connectivity index (χ4n) is 3.60. The lowest BCUT2D eigenvalue weighted by molar-refractivity contribution is -0.138. The number of nitrogens with one attached hydrogen (secondary N) is 1. The standard InChI is InChI=1S/C21H16ClF6N3/c22-16-8-7-14(21(26,27)28)11-17(16)31-19-15(6-1-2-9-29-19)18(30-31)12-4-3-5-13(10-12)20(23,24)25/h3-5,7-8,10-11,29H,1-2,6,9H2. The first-order valence-electron chi connectivity index (χ1n) is 9.46. The number of alkyl halides is 6. The fourth-order valence-corrected chi connectivity index (χ4v) is 3.80. The van der Waals surface area contributed by atoms with Crippen LogP contribution in [-0.4, -0.2) is 16.3 Å². The highest BCUT2D eigenvalue weighted by atomic mass is 35.5. The minimum atomic E-state index is -4.58. The fraction of sp³-hybridized carbons (Fsp3) is 0.286. The van der Waals surface area contributed by atoms with Crippen LogP contribution in [0.4, 0.5) is 32.2 Å². The van der Waals surface area contributed by atoms with E-state index in [1.165, 1.54) is 16.8 Å². The van der Waals surface area contributed by atoms with Gasteiger partial charge in [0.15, 0.2) is 0 Å². The maximum Gasteiger partial charge on any atom is 0.416 e. The largest absolute Gasteiger partial charge is 0.416 e. The number of anilines is 1. The van der Waals surface area contributed by atoms with Gasteiger partial charge in [-0.25, -0.2) is 4.68 Å². The summed E-state index contributed by atoms with van der Waals surface area (Å²) in [6.07, 6.45) is -7.04. The third kappa shape index (κ3) is 4.23. The molecule has 0 unspecified atom stereocenters. The van der Waals surface area contributed by atoms with Gasteiger partial charge in [0, 0.05) is 17.7 Å². The van der Waals surface area contributed by atoms with Crippen molar-refractivity contribution >= 4 is 17.4 Å². The first-order chi connectivity index (χ1) is 14.6. The number of hydrogen-bond donors (Lipinski definition) is 1. The van der Waals surface area contributed by atoms with Crippen molar-refractivity contribution in [3.63, 3.8) is 0 Å². The molecule has 0 aliphatic carbocycles. The van der Waals surface area contributed by atoms with Gasteiger partial charge < -0.3 is 5.32 Å². The summed E-state index contributed by atoms with van der Waals surface area (Å²) in [4.78, 5) is 0. The quantitative estimate of drug-likeness (QED) is 0.419. The summed E-state index contributed by atoms with van der Waals surface area (Å²) in [6, 6.07) is 7.63. The van der Waals surface area contributed by atoms with Gasteiger partial charge in [0.1, 0.15) is 5.82 Å². The lowest BCUT2D eigenvalue weighted by Gasteiger charge is -2.13. The van der Waals surface area contributed by atoms with Gasteiger partial charge in [-0.05, 0) is 49.6 Å². The van der Waals surface area contributed by atoms with Crippen molar-refractivity contribution in [1.82, 2.24) is 9.78 Å². The van der Waals surface area contributed by atoms with Gasteiger partial charge in [-0.2, -0.15) is 31.4 Å². The highest BCUT2D eigenvalue weighted by molar-refractivity contribution is 6.32. The minimum absolute atomic E-state index is 0.000340. The summed E-state index contributed by atoms with van der Waals surface area (Å²) in [5.74, 6) is 0.436. The van der Waals surface area contributed by atoms with Crippen LogP contribution in [0.25, 0.3) is 16.9 Å². The molecule has 0 atom stereocenters. The van der Waals surface area contributed by atoms with E-state index in [1.54, 1.807) is 0 Å². The number of nitrogens with zero attached hydrogens (tertiary/aromatic N) is 2. The number of halogens is 7. The Kier molecular flexibility index (Phi) is 5.41. The second kappa shape index (κ2) is 7.78. The molecule has 1 N–H and O–H groups in total. The molecular formula is C21H16ClF6N3. The van der Waals surface area contributed by atoms with E-state index in [9.17, 15) is 26.3 Å². The Morgan fingerprint density at radius 1 is 0.903 bits per heavy atom. The predicted octanol–water partition coefficient (Wildman–Crippen LogP) is 6.98. The summed E-state index contributed by atoms with van der Waals surface area (Å²) in [5.41, 5.74) is -0.566. The van der Waals surface area contributed by atoms with Gasteiger partial charge in [0.2, 0.25) is 0 Å². The lowest BCUT2D eigenvalue weighted by atomic mass is 10.0. The summed E-state index contributed by atoms with van der Waals surface area (Å²) in [7, 11) is 0. The predicted molar refractivity (Wildman–Crippen MR) is 105 cm³/mol. The van der Waals surface area contributed by atoms with Crippen LogP contribution in [-0.2, 0) is 18.8 Å². The SMILES string of the molecule is FC(F)(F)c1cccc(-c2nn(-c3cc(C(F)(F)F)ccc3Cl)c3c2CCCCN3)c1. The van der Waals surface area contributed by atoms with Crippen LogP contribution in [0.2, 0.25) is 5.02 Å². The van der Waals surface area contributed by atoms with Gasteiger partial charge in [-0.3, -0.25) is 0 Å². The van der Waals surface area contributed by atoms with Gasteiger partial charge in [-0.15, -0.1) is 0 Å². The van der Waals surface area contributed by atoms with E-state index in [0.29, 0.717) is 24.3 Å². The van der Waals surface area contributed by atoms with Gasteiger partial charge in [0.05, 0.1) is 27.5 Å². The number of benzene rings is 2. The summed E-state index contributed by atoms with van der Waals surface area (Å²) in [6.45, 7) is 0.553. The summed E-state index contributed by atoms with van der Waals surface area (Å²) in [5, 5.41) is 7.61. The molecule has 31 heavy (non-hydrogen) atoms. The molecule has 3 nitrogen and oxygen atoms in total. The van der Waals surface area contributed by atoms with Crippen LogP contribution in [0.3, 0.4) is 0 Å². The van der Waals surface area contributed by atoms with Crippen molar-refractivity contribution in [3.05, 3.63) is 64.2 Å². The Hall–Kier alpha value is -2.68. The second-order valence-corrected chi connectivity index (χ2v) is 7.62. The van der Waals surface area contributed by atoms with Crippen LogP contribution in [0.15, 0.2) is 42.5 Å². The van der Waals surface area contributed by atoms with E-state index in [1.807, 2.05) is 0 Å². The summed E-state index contributed by atoms with van der Waals surface area (Å²) < 4.78 is 80.6. The third-order valence-corrected chi connectivity index (χ3v) is 5.41. The monoisotopic (exact) mass is 459 g/mol. The van der Waals surface area contributed by atoms with Crippen molar-refractivity contribution < 1.29 is 26.3 Å². The lowest BCUT2D eigenvalue weighted by Crippen LogP contribution is -2.10. The minimum Gasteiger partial charge on any atom is -0.370 e. The van der Waals surface area contributed by atoms with Crippen molar-refractivity contribution in [2.45, 2.75) is 31.6 Å². The molecule has 2 heterocycles. The Morgan fingerprint density at radius 3 is 2.32 bits per heavy atom. The highest BCUT2D eigenvalue weighted by Gasteiger charge is 2.33. The molecule has 2 aromatic carbocycles. The van der Waals surface area contributed by atoms with Crippen LogP contribution in [0.5, 0.6) is 0 Å². The molecule has 0 radical (unpaired) electrons. The van der Waals surface area contributed by atoms with Crippen molar-refractivity contribution in [3.8, 4) is 16.9 Å². The molecule has 0 saturated heterocycles. The highest BCUT2D eigenvalue weighted by Crippen LogP contribution is 2.39. The van der Waals surface area contributed by atoms with Gasteiger partial charge in [0.25, 0.3) is 0 Å². The van der Waals surface area contributed by atoms with E-state index in [4.69, 9.17) is 11.6 Å². The zero-order valence-electron chi connectivity index (χ0n) is 15.9. The normalized spacial score (nSPS) is 14.7. The molecule has 1 aliphatic rings. The zero-order valence-corrected chi connectivity index (χ0v) is 16.7. The maximum absolute atomic E-state index is 13.3. The van der Waals surface area contributed by atoms with E-state index >= 15 is 0 Å². The molecule has 10 heteroatoms. The molecule has 0 amide bonds. The molecular weight excluding hydrogens is 444 g/mol. The number of aromatic nitrogens is 2. The zero-order chi connectivity index (χ0) is 22.4. The number of hydrogen-bond acceptors (Lipinski definition) is 2. The van der Waals surface area contributed by atoms with Crippen LogP contribution in [0, 0.1) is 0 Å². The Morgan fingerprint density at radius 2 is 1.61 bits per heavy atom. The van der Waals surface area contributed by atoms with Gasteiger partial charge in [-0.1, -0.05) is 23.7 Å². The smallest absolute Gasteiger partial charge is 0.370 e. The van der Waals surface area contributed by atoms with Crippen LogP contribution < -0.4 is 5.32 Å². The Bertz CT molecular complexity index is 1120. The van der Waals surface area contributed by atoms with Crippen molar-refractivity contribution in [2.24, 2.45) is 0 Å². The molecule has 0 bridgehead atoms. The second-order valence-electron chi connectivity index (χ2n) is 7.21. The van der Waals surface area contributed by atoms with Crippen molar-refractivity contribution in [2.75, 3.05) is 11.9 Å². The molecule has 0 saturated carbocycles. The van der Waals surface area contributed by atoms with E-state index in [-0.39, 0.29) is 22.0 Å². The molecule has 1 aromatic heterocycles. The molecule has 0 spiro atoms. The maximum atomic E-state index is 13.3. The molecule has 164 valence electrons. The molecule has 4 rings (SSSR count). The topological polar surface area (TPSA) is 29.9 Å². The van der Waals surface area contributed by atoms with E-state index in [0.717, 1.165) is 43.2 Å². The van der Waals surface area contributed by atoms with Gasteiger partial charge >= 0.3 is 12.4 Å². The average Bonchev–Trinajstić information content (AvgIpc) is 2.88. The Labute approximate surface area is 178 Å². The molecule has 1 aliphatic heterocycles. The first kappa shape index (κ1) is 21.5. The van der Waals surface area contributed by atoms with E-state index < -0.39 is 23.5 Å².